The van der Waals surface area contributed by atoms with E-state index < -0.39 is 0 Å². The van der Waals surface area contributed by atoms with Gasteiger partial charge in [0.2, 0.25) is 0 Å². The predicted octanol–water partition coefficient (Wildman–Crippen LogP) is 1.48. The predicted molar refractivity (Wildman–Crippen MR) is 45.8 cm³/mol. The minimum atomic E-state index is 0.459. The lowest BCUT2D eigenvalue weighted by atomic mass is 10.0. The van der Waals surface area contributed by atoms with Crippen LogP contribution < -0.4 is 0 Å². The Labute approximate surface area is 70.0 Å². The van der Waals surface area contributed by atoms with Gasteiger partial charge in [0.05, 0.1) is 12.4 Å². The van der Waals surface area contributed by atoms with Gasteiger partial charge in [-0.3, -0.25) is 5.10 Å². The lowest BCUT2D eigenvalue weighted by molar-refractivity contribution is 0.857. The van der Waals surface area contributed by atoms with E-state index in [0.29, 0.717) is 5.92 Å². The number of aromatic amines is 1. The van der Waals surface area contributed by atoms with Crippen LogP contribution in [0.1, 0.15) is 25.3 Å². The second-order valence-electron chi connectivity index (χ2n) is 3.09. The van der Waals surface area contributed by atoms with E-state index in [9.17, 15) is 0 Å². The molecule has 0 radical (unpaired) electrons. The van der Waals surface area contributed by atoms with Crippen molar-refractivity contribution in [3.8, 4) is 0 Å². The van der Waals surface area contributed by atoms with E-state index in [4.69, 9.17) is 0 Å². The second kappa shape index (κ2) is 2.55. The van der Waals surface area contributed by atoms with Crippen LogP contribution in [-0.2, 0) is 0 Å². The number of hydrogen-bond donors (Lipinski definition) is 1. The third kappa shape index (κ3) is 0.958. The number of hydrogen-bond acceptors (Lipinski definition) is 3. The van der Waals surface area contributed by atoms with Crippen LogP contribution in [0, 0.1) is 0 Å². The van der Waals surface area contributed by atoms with Gasteiger partial charge in [0.15, 0.2) is 5.65 Å². The van der Waals surface area contributed by atoms with E-state index in [1.807, 2.05) is 0 Å². The van der Waals surface area contributed by atoms with Crippen LogP contribution in [0.2, 0.25) is 0 Å². The average Bonchev–Trinajstić information content (AvgIpc) is 2.49. The van der Waals surface area contributed by atoms with Crippen LogP contribution in [0.25, 0.3) is 11.0 Å². The van der Waals surface area contributed by atoms with Crippen LogP contribution in [0.4, 0.5) is 0 Å². The molecule has 62 valence electrons. The first-order valence-corrected chi connectivity index (χ1v) is 3.93. The minimum Gasteiger partial charge on any atom is -0.259 e. The van der Waals surface area contributed by atoms with E-state index in [-0.39, 0.29) is 0 Å². The van der Waals surface area contributed by atoms with E-state index >= 15 is 0 Å². The molecule has 2 aromatic rings. The van der Waals surface area contributed by atoms with Gasteiger partial charge in [-0.05, 0) is 11.5 Å². The molecule has 0 aliphatic heterocycles. The maximum Gasteiger partial charge on any atom is 0.178 e. The number of rotatable bonds is 1. The number of aromatic nitrogens is 4. The molecule has 4 heteroatoms. The SMILES string of the molecule is CC(C)c1cnnc2[nH]ncc12. The molecule has 0 aliphatic rings. The molecule has 0 atom stereocenters. The first-order valence-electron chi connectivity index (χ1n) is 3.93. The Morgan fingerprint density at radius 2 is 2.17 bits per heavy atom. The zero-order valence-corrected chi connectivity index (χ0v) is 7.07. The van der Waals surface area contributed by atoms with Crippen molar-refractivity contribution in [2.45, 2.75) is 19.8 Å². The van der Waals surface area contributed by atoms with Gasteiger partial charge in [0, 0.05) is 5.39 Å². The molecule has 2 rings (SSSR count). The summed E-state index contributed by atoms with van der Waals surface area (Å²) in [5.41, 5.74) is 1.95. The second-order valence-corrected chi connectivity index (χ2v) is 3.09. The minimum absolute atomic E-state index is 0.459. The molecule has 2 heterocycles. The molecule has 0 fully saturated rings. The number of fused-ring (bicyclic) bond motifs is 1. The molecule has 2 aromatic heterocycles. The molecule has 0 bridgehead atoms. The van der Waals surface area contributed by atoms with Crippen molar-refractivity contribution >= 4 is 11.0 Å². The molecule has 0 amide bonds. The average molecular weight is 162 g/mol. The Bertz CT molecular complexity index is 391. The Balaban J connectivity index is 2.73. The molecule has 0 aliphatic carbocycles. The van der Waals surface area contributed by atoms with Crippen LogP contribution in [0.15, 0.2) is 12.4 Å². The first-order chi connectivity index (χ1) is 5.79. The molecule has 1 N–H and O–H groups in total. The fraction of sp³-hybridized carbons (Fsp3) is 0.375. The summed E-state index contributed by atoms with van der Waals surface area (Å²) in [6.07, 6.45) is 3.59. The van der Waals surface area contributed by atoms with Gasteiger partial charge in [-0.2, -0.15) is 10.2 Å². The number of nitrogens with zero attached hydrogens (tertiary/aromatic N) is 3. The molecule has 12 heavy (non-hydrogen) atoms. The lowest BCUT2D eigenvalue weighted by Gasteiger charge is -2.03. The van der Waals surface area contributed by atoms with Crippen LogP contribution >= 0.6 is 0 Å². The van der Waals surface area contributed by atoms with Gasteiger partial charge >= 0.3 is 0 Å². The molecule has 0 unspecified atom stereocenters. The van der Waals surface area contributed by atoms with Crippen LogP contribution in [0.5, 0.6) is 0 Å². The standard InChI is InChI=1S/C8H10N4/c1-5(2)6-3-9-11-8-7(6)4-10-12-8/h3-5H,1-2H3,(H,10,11,12). The highest BCUT2D eigenvalue weighted by Gasteiger charge is 2.06. The summed E-state index contributed by atoms with van der Waals surface area (Å²) < 4.78 is 0. The van der Waals surface area contributed by atoms with Crippen molar-refractivity contribution in [3.05, 3.63) is 18.0 Å². The highest BCUT2D eigenvalue weighted by molar-refractivity contribution is 5.77. The smallest absolute Gasteiger partial charge is 0.178 e. The maximum atomic E-state index is 3.92. The Morgan fingerprint density at radius 3 is 2.92 bits per heavy atom. The van der Waals surface area contributed by atoms with E-state index in [1.54, 1.807) is 12.4 Å². The highest BCUT2D eigenvalue weighted by atomic mass is 15.2. The van der Waals surface area contributed by atoms with E-state index in [2.05, 4.69) is 34.2 Å². The molecule has 0 saturated heterocycles. The summed E-state index contributed by atoms with van der Waals surface area (Å²) in [5.74, 6) is 0.459. The summed E-state index contributed by atoms with van der Waals surface area (Å²) in [5, 5.41) is 15.6. The van der Waals surface area contributed by atoms with Crippen molar-refractivity contribution in [1.29, 1.82) is 0 Å². The molecule has 0 aromatic carbocycles. The fourth-order valence-corrected chi connectivity index (χ4v) is 1.25. The largest absolute Gasteiger partial charge is 0.259 e. The maximum absolute atomic E-state index is 3.92. The topological polar surface area (TPSA) is 54.5 Å². The number of nitrogens with one attached hydrogen (secondary N) is 1. The van der Waals surface area contributed by atoms with Crippen LogP contribution in [-0.4, -0.2) is 20.4 Å². The van der Waals surface area contributed by atoms with E-state index in [1.165, 1.54) is 5.56 Å². The lowest BCUT2D eigenvalue weighted by Crippen LogP contribution is -1.92. The van der Waals surface area contributed by atoms with Gasteiger partial charge in [-0.1, -0.05) is 13.8 Å². The summed E-state index contributed by atoms with van der Waals surface area (Å²) in [6, 6.07) is 0. The van der Waals surface area contributed by atoms with Crippen molar-refractivity contribution in [2.75, 3.05) is 0 Å². The van der Waals surface area contributed by atoms with Crippen LogP contribution in [0.3, 0.4) is 0 Å². The molecular weight excluding hydrogens is 152 g/mol. The Kier molecular flexibility index (Phi) is 1.53. The zero-order valence-electron chi connectivity index (χ0n) is 7.07. The normalized spacial score (nSPS) is 11.2. The van der Waals surface area contributed by atoms with Gasteiger partial charge in [-0.15, -0.1) is 5.10 Å². The zero-order chi connectivity index (χ0) is 8.55. The van der Waals surface area contributed by atoms with Crippen molar-refractivity contribution in [1.82, 2.24) is 20.4 Å². The quantitative estimate of drug-likeness (QED) is 0.690. The van der Waals surface area contributed by atoms with Gasteiger partial charge in [0.1, 0.15) is 0 Å². The van der Waals surface area contributed by atoms with Gasteiger partial charge in [0.25, 0.3) is 0 Å². The Hall–Kier alpha value is -1.45. The van der Waals surface area contributed by atoms with E-state index in [0.717, 1.165) is 11.0 Å². The monoisotopic (exact) mass is 162 g/mol. The molecular formula is C8H10N4. The molecule has 4 nitrogen and oxygen atoms in total. The number of H-pyrrole nitrogens is 1. The fourth-order valence-electron chi connectivity index (χ4n) is 1.25. The Morgan fingerprint density at radius 1 is 1.33 bits per heavy atom. The third-order valence-corrected chi connectivity index (χ3v) is 1.91. The summed E-state index contributed by atoms with van der Waals surface area (Å²) in [6.45, 7) is 4.26. The van der Waals surface area contributed by atoms with Gasteiger partial charge < -0.3 is 0 Å². The highest BCUT2D eigenvalue weighted by Crippen LogP contribution is 2.20. The van der Waals surface area contributed by atoms with Crippen molar-refractivity contribution < 1.29 is 0 Å². The molecule has 0 saturated carbocycles. The first kappa shape index (κ1) is 7.21. The summed E-state index contributed by atoms with van der Waals surface area (Å²) in [4.78, 5) is 0. The van der Waals surface area contributed by atoms with Crippen molar-refractivity contribution in [2.24, 2.45) is 0 Å². The van der Waals surface area contributed by atoms with Crippen molar-refractivity contribution in [3.63, 3.8) is 0 Å². The summed E-state index contributed by atoms with van der Waals surface area (Å²) in [7, 11) is 0. The molecule has 0 spiro atoms. The summed E-state index contributed by atoms with van der Waals surface area (Å²) >= 11 is 0. The van der Waals surface area contributed by atoms with Gasteiger partial charge in [-0.25, -0.2) is 0 Å². The third-order valence-electron chi connectivity index (χ3n) is 1.91.